The average molecular weight is 190 g/mol. The summed E-state index contributed by atoms with van der Waals surface area (Å²) in [5, 5.41) is 2.79. The van der Waals surface area contributed by atoms with Gasteiger partial charge in [0, 0.05) is 6.20 Å². The fraction of sp³-hybridized carbons (Fsp3) is 0.200. The Labute approximate surface area is 61.9 Å². The molecule has 50 valence electrons. The van der Waals surface area contributed by atoms with Gasteiger partial charge in [0.2, 0.25) is 0 Å². The van der Waals surface area contributed by atoms with E-state index in [4.69, 9.17) is 11.5 Å². The molecule has 1 unspecified atom stereocenters. The molecule has 0 aromatic carbocycles. The second kappa shape index (κ2) is 2.04. The van der Waals surface area contributed by atoms with E-state index in [1.54, 1.807) is 18.4 Å². The largest absolute Gasteiger partial charge is 0.385 e. The normalized spacial score (nSPS) is 33.3. The van der Waals surface area contributed by atoms with Crippen molar-refractivity contribution < 1.29 is 0 Å². The van der Waals surface area contributed by atoms with Crippen LogP contribution in [0.25, 0.3) is 0 Å². The fourth-order valence-electron chi connectivity index (χ4n) is 0.594. The van der Waals surface area contributed by atoms with E-state index in [0.29, 0.717) is 5.82 Å². The molecule has 4 heteroatoms. The van der Waals surface area contributed by atoms with Crippen molar-refractivity contribution >= 4 is 15.9 Å². The van der Waals surface area contributed by atoms with E-state index in [1.807, 2.05) is 0 Å². The first-order valence-electron chi connectivity index (χ1n) is 2.50. The van der Waals surface area contributed by atoms with Crippen LogP contribution >= 0.6 is 15.9 Å². The molecule has 1 atom stereocenters. The average Bonchev–Trinajstić information content (AvgIpc) is 1.60. The van der Waals surface area contributed by atoms with Crippen LogP contribution in [0.4, 0.5) is 0 Å². The Kier molecular flexibility index (Phi) is 1.50. The molecule has 0 aromatic rings. The number of nitrogens with one attached hydrogen (secondary N) is 1. The lowest BCUT2D eigenvalue weighted by Gasteiger charge is -2.18. The van der Waals surface area contributed by atoms with Gasteiger partial charge in [0.1, 0.15) is 4.45 Å². The van der Waals surface area contributed by atoms with Crippen LogP contribution in [0.2, 0.25) is 0 Å². The third kappa shape index (κ3) is 1.73. The zero-order chi connectivity index (χ0) is 6.91. The summed E-state index contributed by atoms with van der Waals surface area (Å²) in [6.07, 6.45) is 5.15. The minimum Gasteiger partial charge on any atom is -0.385 e. The van der Waals surface area contributed by atoms with Crippen molar-refractivity contribution in [3.05, 3.63) is 24.2 Å². The quantitative estimate of drug-likeness (QED) is 0.370. The smallest absolute Gasteiger partial charge is 0.114 e. The predicted molar refractivity (Wildman–Crippen MR) is 40.4 cm³/mol. The van der Waals surface area contributed by atoms with Crippen molar-refractivity contribution in [1.29, 1.82) is 0 Å². The highest BCUT2D eigenvalue weighted by Gasteiger charge is 2.15. The minimum absolute atomic E-state index is 0.567. The summed E-state index contributed by atoms with van der Waals surface area (Å²) in [5.74, 6) is 0.567. The fourth-order valence-corrected chi connectivity index (χ4v) is 0.973. The van der Waals surface area contributed by atoms with Crippen LogP contribution in [0.1, 0.15) is 0 Å². The molecule has 1 aliphatic heterocycles. The molecule has 0 aromatic heterocycles. The van der Waals surface area contributed by atoms with Crippen molar-refractivity contribution in [3.8, 4) is 0 Å². The molecule has 0 saturated carbocycles. The van der Waals surface area contributed by atoms with E-state index >= 15 is 0 Å². The molecular weight excluding hydrogens is 182 g/mol. The van der Waals surface area contributed by atoms with E-state index in [2.05, 4.69) is 21.2 Å². The third-order valence-electron chi connectivity index (χ3n) is 0.966. The minimum atomic E-state index is -0.567. The second-order valence-electron chi connectivity index (χ2n) is 1.90. The van der Waals surface area contributed by atoms with Gasteiger partial charge in [-0.25, -0.2) is 0 Å². The maximum atomic E-state index is 5.60. The number of dihydropyridines is 1. The standard InChI is InChI=1S/C5H8BrN3/c6-5(8)1-2-9-4(7)3-5/h1-3,9H,7-8H2. The monoisotopic (exact) mass is 189 g/mol. The SMILES string of the molecule is NC1=CC(N)(Br)C=CN1. The molecule has 0 amide bonds. The van der Waals surface area contributed by atoms with Crippen molar-refractivity contribution in [3.63, 3.8) is 0 Å². The molecule has 0 saturated heterocycles. The van der Waals surface area contributed by atoms with Crippen LogP contribution in [0, 0.1) is 0 Å². The lowest BCUT2D eigenvalue weighted by atomic mass is 10.2. The first kappa shape index (κ1) is 6.64. The molecule has 1 rings (SSSR count). The Hall–Kier alpha value is -0.480. The molecule has 0 radical (unpaired) electrons. The van der Waals surface area contributed by atoms with Crippen molar-refractivity contribution in [2.24, 2.45) is 11.5 Å². The Bertz CT molecular complexity index is 171. The first-order chi connectivity index (χ1) is 4.10. The van der Waals surface area contributed by atoms with E-state index in [1.165, 1.54) is 0 Å². The number of halogens is 1. The molecule has 5 N–H and O–H groups in total. The van der Waals surface area contributed by atoms with E-state index in [0.717, 1.165) is 0 Å². The van der Waals surface area contributed by atoms with Gasteiger partial charge in [0.25, 0.3) is 0 Å². The summed E-state index contributed by atoms with van der Waals surface area (Å²) in [7, 11) is 0. The topological polar surface area (TPSA) is 64.1 Å². The van der Waals surface area contributed by atoms with Crippen LogP contribution in [0.15, 0.2) is 24.2 Å². The Morgan fingerprint density at radius 2 is 2.33 bits per heavy atom. The summed E-state index contributed by atoms with van der Waals surface area (Å²) < 4.78 is -0.567. The second-order valence-corrected chi connectivity index (χ2v) is 3.28. The molecule has 0 fully saturated rings. The summed E-state index contributed by atoms with van der Waals surface area (Å²) in [6, 6.07) is 0. The summed E-state index contributed by atoms with van der Waals surface area (Å²) in [5.41, 5.74) is 11.0. The van der Waals surface area contributed by atoms with Gasteiger partial charge in [-0.1, -0.05) is 15.9 Å². The zero-order valence-corrected chi connectivity index (χ0v) is 6.35. The number of nitrogens with two attached hydrogens (primary N) is 2. The molecule has 1 aliphatic rings. The van der Waals surface area contributed by atoms with Gasteiger partial charge >= 0.3 is 0 Å². The Balaban J connectivity index is 2.78. The molecular formula is C5H8BrN3. The van der Waals surface area contributed by atoms with Crippen LogP contribution in [0.3, 0.4) is 0 Å². The van der Waals surface area contributed by atoms with Crippen LogP contribution in [0.5, 0.6) is 0 Å². The molecule has 1 heterocycles. The molecule has 9 heavy (non-hydrogen) atoms. The molecule has 0 bridgehead atoms. The van der Waals surface area contributed by atoms with Gasteiger partial charge in [0.15, 0.2) is 0 Å². The highest BCUT2D eigenvalue weighted by molar-refractivity contribution is 9.10. The number of alkyl halides is 1. The zero-order valence-electron chi connectivity index (χ0n) is 4.76. The summed E-state index contributed by atoms with van der Waals surface area (Å²) >= 11 is 3.23. The van der Waals surface area contributed by atoms with Crippen molar-refractivity contribution in [2.75, 3.05) is 0 Å². The third-order valence-corrected chi connectivity index (χ3v) is 1.46. The van der Waals surface area contributed by atoms with Crippen LogP contribution in [-0.4, -0.2) is 4.45 Å². The van der Waals surface area contributed by atoms with E-state index in [9.17, 15) is 0 Å². The number of rotatable bonds is 0. The van der Waals surface area contributed by atoms with Gasteiger partial charge in [0.05, 0.1) is 5.82 Å². The van der Waals surface area contributed by atoms with E-state index in [-0.39, 0.29) is 0 Å². The van der Waals surface area contributed by atoms with Gasteiger partial charge in [-0.2, -0.15) is 0 Å². The predicted octanol–water partition coefficient (Wildman–Crippen LogP) is -0.0467. The lowest BCUT2D eigenvalue weighted by molar-refractivity contribution is 0.864. The summed E-state index contributed by atoms with van der Waals surface area (Å²) in [4.78, 5) is 0. The van der Waals surface area contributed by atoms with Crippen molar-refractivity contribution in [1.82, 2.24) is 5.32 Å². The first-order valence-corrected chi connectivity index (χ1v) is 3.30. The Morgan fingerprint density at radius 1 is 1.67 bits per heavy atom. The highest BCUT2D eigenvalue weighted by Crippen LogP contribution is 2.16. The number of hydrogen-bond donors (Lipinski definition) is 3. The van der Waals surface area contributed by atoms with Gasteiger partial charge in [-0.3, -0.25) is 0 Å². The van der Waals surface area contributed by atoms with E-state index < -0.39 is 4.45 Å². The van der Waals surface area contributed by atoms with Gasteiger partial charge in [-0.05, 0) is 12.2 Å². The molecule has 0 aliphatic carbocycles. The van der Waals surface area contributed by atoms with Crippen LogP contribution in [-0.2, 0) is 0 Å². The maximum absolute atomic E-state index is 5.60. The molecule has 3 nitrogen and oxygen atoms in total. The number of hydrogen-bond acceptors (Lipinski definition) is 3. The van der Waals surface area contributed by atoms with Crippen LogP contribution < -0.4 is 16.8 Å². The Morgan fingerprint density at radius 3 is 2.67 bits per heavy atom. The lowest BCUT2D eigenvalue weighted by Crippen LogP contribution is -2.34. The molecule has 0 spiro atoms. The van der Waals surface area contributed by atoms with Gasteiger partial charge in [-0.15, -0.1) is 0 Å². The highest BCUT2D eigenvalue weighted by atomic mass is 79.9. The van der Waals surface area contributed by atoms with Crippen molar-refractivity contribution in [2.45, 2.75) is 4.45 Å². The van der Waals surface area contributed by atoms with Gasteiger partial charge < -0.3 is 16.8 Å². The summed E-state index contributed by atoms with van der Waals surface area (Å²) in [6.45, 7) is 0. The maximum Gasteiger partial charge on any atom is 0.114 e.